The maximum atomic E-state index is 13.4. The van der Waals surface area contributed by atoms with Gasteiger partial charge in [0.05, 0.1) is 18.4 Å². The number of carbonyl (C=O) groups excluding carboxylic acids is 2. The molecule has 156 valence electrons. The van der Waals surface area contributed by atoms with Crippen LogP contribution in [0, 0.1) is 0 Å². The molecule has 1 heterocycles. The first kappa shape index (κ1) is 20.7. The molecule has 0 aliphatic carbocycles. The van der Waals surface area contributed by atoms with E-state index in [4.69, 9.17) is 16.3 Å². The van der Waals surface area contributed by atoms with E-state index in [0.29, 0.717) is 33.3 Å². The van der Waals surface area contributed by atoms with Crippen molar-refractivity contribution in [1.82, 2.24) is 0 Å². The molecular formula is C25H21ClN2O3. The van der Waals surface area contributed by atoms with Gasteiger partial charge < -0.3 is 10.1 Å². The number of ether oxygens (including phenoxy) is 1. The molecule has 2 amide bonds. The minimum Gasteiger partial charge on any atom is -0.497 e. The molecule has 1 N–H and O–H groups in total. The Morgan fingerprint density at radius 2 is 1.65 bits per heavy atom. The fraction of sp³-hybridized carbons (Fsp3) is 0.120. The molecule has 0 spiro atoms. The molecule has 0 unspecified atom stereocenters. The highest BCUT2D eigenvalue weighted by atomic mass is 35.5. The Kier molecular flexibility index (Phi) is 5.78. The van der Waals surface area contributed by atoms with Crippen molar-refractivity contribution in [2.75, 3.05) is 17.3 Å². The monoisotopic (exact) mass is 432 g/mol. The van der Waals surface area contributed by atoms with Crippen LogP contribution in [0.5, 0.6) is 5.75 Å². The smallest absolute Gasteiger partial charge is 0.282 e. The van der Waals surface area contributed by atoms with Gasteiger partial charge in [-0.2, -0.15) is 0 Å². The summed E-state index contributed by atoms with van der Waals surface area (Å²) in [6.07, 6.45) is 0.874. The third kappa shape index (κ3) is 4.05. The number of anilines is 2. The first-order chi connectivity index (χ1) is 15.0. The van der Waals surface area contributed by atoms with Gasteiger partial charge in [0, 0.05) is 16.8 Å². The standard InChI is InChI=1S/C25H21ClN2O3/c1-3-16-7-13-20(14-8-16)28-24(29)22(17-9-11-18(26)12-10-17)23(25(28)30)27-19-5-4-6-21(15-19)31-2/h4-15,27H,3H2,1-2H3. The van der Waals surface area contributed by atoms with Gasteiger partial charge in [-0.3, -0.25) is 9.59 Å². The number of halogens is 1. The molecule has 6 heteroatoms. The molecule has 3 aromatic carbocycles. The van der Waals surface area contributed by atoms with Gasteiger partial charge in [0.2, 0.25) is 0 Å². The maximum absolute atomic E-state index is 13.4. The molecule has 0 saturated heterocycles. The number of hydrogen-bond acceptors (Lipinski definition) is 4. The van der Waals surface area contributed by atoms with E-state index in [1.165, 1.54) is 4.90 Å². The molecule has 5 nitrogen and oxygen atoms in total. The van der Waals surface area contributed by atoms with E-state index in [1.807, 2.05) is 30.3 Å². The van der Waals surface area contributed by atoms with Crippen molar-refractivity contribution in [2.24, 2.45) is 0 Å². The average molecular weight is 433 g/mol. The molecule has 31 heavy (non-hydrogen) atoms. The number of nitrogens with one attached hydrogen (secondary N) is 1. The van der Waals surface area contributed by atoms with Crippen molar-refractivity contribution in [3.05, 3.63) is 94.6 Å². The first-order valence-corrected chi connectivity index (χ1v) is 10.3. The lowest BCUT2D eigenvalue weighted by Gasteiger charge is -2.16. The Morgan fingerprint density at radius 1 is 0.935 bits per heavy atom. The lowest BCUT2D eigenvalue weighted by molar-refractivity contribution is -0.120. The highest BCUT2D eigenvalue weighted by molar-refractivity contribution is 6.46. The van der Waals surface area contributed by atoms with Gasteiger partial charge in [0.15, 0.2) is 0 Å². The van der Waals surface area contributed by atoms with Crippen LogP contribution in [0.2, 0.25) is 5.02 Å². The van der Waals surface area contributed by atoms with Crippen molar-refractivity contribution < 1.29 is 14.3 Å². The van der Waals surface area contributed by atoms with Crippen LogP contribution >= 0.6 is 11.6 Å². The lowest BCUT2D eigenvalue weighted by Crippen LogP contribution is -2.32. The van der Waals surface area contributed by atoms with Crippen molar-refractivity contribution >= 4 is 40.4 Å². The summed E-state index contributed by atoms with van der Waals surface area (Å²) in [7, 11) is 1.57. The van der Waals surface area contributed by atoms with Crippen molar-refractivity contribution in [3.8, 4) is 5.75 Å². The number of hydrogen-bond donors (Lipinski definition) is 1. The largest absolute Gasteiger partial charge is 0.497 e. The van der Waals surface area contributed by atoms with Crippen LogP contribution in [-0.2, 0) is 16.0 Å². The maximum Gasteiger partial charge on any atom is 0.282 e. The fourth-order valence-corrected chi connectivity index (χ4v) is 3.62. The van der Waals surface area contributed by atoms with E-state index in [0.717, 1.165) is 12.0 Å². The molecule has 0 bridgehead atoms. The molecule has 0 radical (unpaired) electrons. The van der Waals surface area contributed by atoms with Gasteiger partial charge in [-0.15, -0.1) is 0 Å². The second kappa shape index (κ2) is 8.66. The van der Waals surface area contributed by atoms with Gasteiger partial charge in [-0.25, -0.2) is 4.90 Å². The number of aryl methyl sites for hydroxylation is 1. The molecule has 0 aromatic heterocycles. The highest BCUT2D eigenvalue weighted by Crippen LogP contribution is 2.34. The number of nitrogens with zero attached hydrogens (tertiary/aromatic N) is 1. The normalized spacial score (nSPS) is 13.7. The predicted octanol–water partition coefficient (Wildman–Crippen LogP) is 5.31. The zero-order valence-corrected chi connectivity index (χ0v) is 17.9. The van der Waals surface area contributed by atoms with Gasteiger partial charge >= 0.3 is 0 Å². The molecule has 3 aromatic rings. The topological polar surface area (TPSA) is 58.6 Å². The van der Waals surface area contributed by atoms with Crippen molar-refractivity contribution in [2.45, 2.75) is 13.3 Å². The van der Waals surface area contributed by atoms with Crippen LogP contribution in [0.15, 0.2) is 78.5 Å². The first-order valence-electron chi connectivity index (χ1n) is 9.91. The summed E-state index contributed by atoms with van der Waals surface area (Å²) >= 11 is 6.03. The number of amides is 2. The van der Waals surface area contributed by atoms with Crippen LogP contribution < -0.4 is 15.0 Å². The summed E-state index contributed by atoms with van der Waals surface area (Å²) in [6.45, 7) is 2.05. The zero-order valence-electron chi connectivity index (χ0n) is 17.2. The summed E-state index contributed by atoms with van der Waals surface area (Å²) in [6, 6.07) is 21.5. The summed E-state index contributed by atoms with van der Waals surface area (Å²) in [5.74, 6) is -0.161. The average Bonchev–Trinajstić information content (AvgIpc) is 3.04. The van der Waals surface area contributed by atoms with Crippen LogP contribution in [0.25, 0.3) is 5.57 Å². The fourth-order valence-electron chi connectivity index (χ4n) is 3.49. The summed E-state index contributed by atoms with van der Waals surface area (Å²) in [4.78, 5) is 28.0. The molecule has 0 atom stereocenters. The SMILES string of the molecule is CCc1ccc(N2C(=O)C(Nc3cccc(OC)c3)=C(c3ccc(Cl)cc3)C2=O)cc1. The number of benzene rings is 3. The molecule has 1 aliphatic heterocycles. The Balaban J connectivity index is 1.79. The molecule has 0 fully saturated rings. The second-order valence-corrected chi connectivity index (χ2v) is 7.52. The number of carbonyl (C=O) groups is 2. The van der Waals surface area contributed by atoms with E-state index < -0.39 is 5.91 Å². The number of methoxy groups -OCH3 is 1. The zero-order chi connectivity index (χ0) is 22.0. The lowest BCUT2D eigenvalue weighted by atomic mass is 10.0. The Hall–Kier alpha value is -3.57. The van der Waals surface area contributed by atoms with Gasteiger partial charge in [0.1, 0.15) is 11.4 Å². The van der Waals surface area contributed by atoms with E-state index in [9.17, 15) is 9.59 Å². The molecular weight excluding hydrogens is 412 g/mol. The Morgan fingerprint density at radius 3 is 2.29 bits per heavy atom. The van der Waals surface area contributed by atoms with Crippen LogP contribution in [0.3, 0.4) is 0 Å². The predicted molar refractivity (Wildman–Crippen MR) is 123 cm³/mol. The van der Waals surface area contributed by atoms with Crippen molar-refractivity contribution in [1.29, 1.82) is 0 Å². The summed E-state index contributed by atoms with van der Waals surface area (Å²) in [5.41, 5.74) is 3.42. The van der Waals surface area contributed by atoms with Crippen molar-refractivity contribution in [3.63, 3.8) is 0 Å². The summed E-state index contributed by atoms with van der Waals surface area (Å²) < 4.78 is 5.27. The summed E-state index contributed by atoms with van der Waals surface area (Å²) in [5, 5.41) is 3.69. The van der Waals surface area contributed by atoms with Crippen LogP contribution in [-0.4, -0.2) is 18.9 Å². The molecule has 4 rings (SSSR count). The highest BCUT2D eigenvalue weighted by Gasteiger charge is 2.40. The third-order valence-corrected chi connectivity index (χ3v) is 5.41. The third-order valence-electron chi connectivity index (χ3n) is 5.16. The van der Waals surface area contributed by atoms with E-state index >= 15 is 0 Å². The minimum absolute atomic E-state index is 0.208. The number of rotatable bonds is 6. The number of imide groups is 1. The van der Waals surface area contributed by atoms with Gasteiger partial charge in [0.25, 0.3) is 11.8 Å². The second-order valence-electron chi connectivity index (χ2n) is 7.08. The molecule has 1 aliphatic rings. The van der Waals surface area contributed by atoms with E-state index in [1.54, 1.807) is 49.6 Å². The minimum atomic E-state index is -0.415. The van der Waals surface area contributed by atoms with Gasteiger partial charge in [-0.1, -0.05) is 48.9 Å². The molecule has 0 saturated carbocycles. The van der Waals surface area contributed by atoms with Crippen LogP contribution in [0.4, 0.5) is 11.4 Å². The quantitative estimate of drug-likeness (QED) is 0.536. The van der Waals surface area contributed by atoms with Gasteiger partial charge in [-0.05, 0) is 53.9 Å². The Labute approximate surface area is 185 Å². The van der Waals surface area contributed by atoms with E-state index in [2.05, 4.69) is 12.2 Å². The van der Waals surface area contributed by atoms with E-state index in [-0.39, 0.29) is 11.6 Å². The Bertz CT molecular complexity index is 1170. The van der Waals surface area contributed by atoms with Crippen LogP contribution in [0.1, 0.15) is 18.1 Å².